The number of piperidine rings is 1. The quantitative estimate of drug-likeness (QED) is 0.831. The fraction of sp³-hybridized carbons (Fsp3) is 0.600. The van der Waals surface area contributed by atoms with Gasteiger partial charge in [0.05, 0.1) is 11.9 Å². The van der Waals surface area contributed by atoms with Crippen LogP contribution in [-0.2, 0) is 0 Å². The van der Waals surface area contributed by atoms with Gasteiger partial charge in [-0.1, -0.05) is 6.42 Å². The molecule has 0 atom stereocenters. The third kappa shape index (κ3) is 4.49. The van der Waals surface area contributed by atoms with Crippen LogP contribution in [0.15, 0.2) is 18.3 Å². The normalized spacial score (nSPS) is 15.8. The summed E-state index contributed by atoms with van der Waals surface area (Å²) in [6.07, 6.45) is 5.59. The van der Waals surface area contributed by atoms with Crippen molar-refractivity contribution in [3.05, 3.63) is 24.0 Å². The Hall–Kier alpha value is -1.62. The number of rotatable bonds is 6. The van der Waals surface area contributed by atoms with Crippen LogP contribution in [0.2, 0.25) is 0 Å². The fourth-order valence-corrected chi connectivity index (χ4v) is 2.44. The molecule has 1 aliphatic rings. The second kappa shape index (κ2) is 7.85. The van der Waals surface area contributed by atoms with Crippen LogP contribution >= 0.6 is 0 Å². The van der Waals surface area contributed by atoms with E-state index in [4.69, 9.17) is 0 Å². The Bertz CT molecular complexity index is 412. The Kier molecular flexibility index (Phi) is 5.80. The number of aromatic nitrogens is 1. The van der Waals surface area contributed by atoms with Crippen LogP contribution < -0.4 is 10.6 Å². The highest BCUT2D eigenvalue weighted by Crippen LogP contribution is 2.08. The van der Waals surface area contributed by atoms with Gasteiger partial charge in [-0.2, -0.15) is 0 Å². The standard InChI is InChI=1S/C15H24N4O/c1-2-16-13-6-7-14(18-12-13)15(20)17-8-11-19-9-4-3-5-10-19/h6-7,12,16H,2-5,8-11H2,1H3,(H,17,20). The second-order valence-corrected chi connectivity index (χ2v) is 5.12. The first-order chi connectivity index (χ1) is 9.79. The Balaban J connectivity index is 1.73. The smallest absolute Gasteiger partial charge is 0.269 e. The minimum atomic E-state index is -0.0925. The molecule has 2 N–H and O–H groups in total. The zero-order chi connectivity index (χ0) is 14.2. The van der Waals surface area contributed by atoms with Gasteiger partial charge in [0.25, 0.3) is 5.91 Å². The number of likely N-dealkylation sites (tertiary alicyclic amines) is 1. The maximum atomic E-state index is 11.9. The predicted octanol–water partition coefficient (Wildman–Crippen LogP) is 1.73. The molecule has 2 rings (SSSR count). The average molecular weight is 276 g/mol. The van der Waals surface area contributed by atoms with E-state index in [1.807, 2.05) is 13.0 Å². The summed E-state index contributed by atoms with van der Waals surface area (Å²) in [6.45, 7) is 6.82. The van der Waals surface area contributed by atoms with Crippen LogP contribution in [-0.4, -0.2) is 48.5 Å². The van der Waals surface area contributed by atoms with E-state index in [-0.39, 0.29) is 5.91 Å². The summed E-state index contributed by atoms with van der Waals surface area (Å²) in [5, 5.41) is 6.09. The van der Waals surface area contributed by atoms with Crippen molar-refractivity contribution >= 4 is 11.6 Å². The number of hydrogen-bond acceptors (Lipinski definition) is 4. The molecule has 1 amide bonds. The van der Waals surface area contributed by atoms with E-state index in [9.17, 15) is 4.79 Å². The van der Waals surface area contributed by atoms with Gasteiger partial charge in [-0.25, -0.2) is 4.98 Å². The van der Waals surface area contributed by atoms with Crippen LogP contribution in [0.4, 0.5) is 5.69 Å². The lowest BCUT2D eigenvalue weighted by Gasteiger charge is -2.26. The molecule has 2 heterocycles. The maximum absolute atomic E-state index is 11.9. The van der Waals surface area contributed by atoms with Gasteiger partial charge in [0.2, 0.25) is 0 Å². The van der Waals surface area contributed by atoms with Gasteiger partial charge >= 0.3 is 0 Å². The maximum Gasteiger partial charge on any atom is 0.269 e. The van der Waals surface area contributed by atoms with Crippen LogP contribution in [0.3, 0.4) is 0 Å². The highest BCUT2D eigenvalue weighted by atomic mass is 16.1. The van der Waals surface area contributed by atoms with Gasteiger partial charge in [-0.15, -0.1) is 0 Å². The van der Waals surface area contributed by atoms with Gasteiger partial charge in [-0.3, -0.25) is 4.79 Å². The summed E-state index contributed by atoms with van der Waals surface area (Å²) in [4.78, 5) is 18.5. The molecular formula is C15H24N4O. The molecule has 20 heavy (non-hydrogen) atoms. The number of pyridine rings is 1. The van der Waals surface area contributed by atoms with Crippen LogP contribution in [0.1, 0.15) is 36.7 Å². The first-order valence-electron chi connectivity index (χ1n) is 7.50. The van der Waals surface area contributed by atoms with Crippen molar-refractivity contribution in [2.45, 2.75) is 26.2 Å². The molecule has 5 nitrogen and oxygen atoms in total. The Morgan fingerprint density at radius 2 is 2.10 bits per heavy atom. The lowest BCUT2D eigenvalue weighted by Crippen LogP contribution is -2.37. The van der Waals surface area contributed by atoms with Gasteiger partial charge < -0.3 is 15.5 Å². The molecule has 0 spiro atoms. The predicted molar refractivity (Wildman–Crippen MR) is 81.0 cm³/mol. The van der Waals surface area contributed by atoms with Crippen molar-refractivity contribution in [2.24, 2.45) is 0 Å². The molecule has 0 saturated carbocycles. The van der Waals surface area contributed by atoms with E-state index in [1.165, 1.54) is 19.3 Å². The summed E-state index contributed by atoms with van der Waals surface area (Å²) in [7, 11) is 0. The molecule has 1 aliphatic heterocycles. The molecule has 0 unspecified atom stereocenters. The van der Waals surface area contributed by atoms with Crippen molar-refractivity contribution in [1.29, 1.82) is 0 Å². The Morgan fingerprint density at radius 1 is 1.30 bits per heavy atom. The lowest BCUT2D eigenvalue weighted by atomic mass is 10.1. The summed E-state index contributed by atoms with van der Waals surface area (Å²) >= 11 is 0. The number of carbonyl (C=O) groups excluding carboxylic acids is 1. The Morgan fingerprint density at radius 3 is 2.75 bits per heavy atom. The van der Waals surface area contributed by atoms with Crippen molar-refractivity contribution in [3.63, 3.8) is 0 Å². The van der Waals surface area contributed by atoms with Crippen molar-refractivity contribution in [2.75, 3.05) is 38.0 Å². The molecule has 1 fully saturated rings. The average Bonchev–Trinajstić information content (AvgIpc) is 2.49. The molecule has 0 aromatic carbocycles. The van der Waals surface area contributed by atoms with Gasteiger partial charge in [0.1, 0.15) is 5.69 Å². The highest BCUT2D eigenvalue weighted by Gasteiger charge is 2.11. The van der Waals surface area contributed by atoms with Gasteiger partial charge in [0, 0.05) is 19.6 Å². The minimum absolute atomic E-state index is 0.0925. The molecular weight excluding hydrogens is 252 g/mol. The molecule has 1 aromatic rings. The molecule has 0 bridgehead atoms. The summed E-state index contributed by atoms with van der Waals surface area (Å²) in [5.74, 6) is -0.0925. The van der Waals surface area contributed by atoms with Crippen LogP contribution in [0, 0.1) is 0 Å². The number of anilines is 1. The third-order valence-corrected chi connectivity index (χ3v) is 3.54. The van der Waals surface area contributed by atoms with E-state index < -0.39 is 0 Å². The highest BCUT2D eigenvalue weighted by molar-refractivity contribution is 5.92. The number of nitrogens with one attached hydrogen (secondary N) is 2. The van der Waals surface area contributed by atoms with E-state index in [0.29, 0.717) is 12.2 Å². The number of carbonyl (C=O) groups is 1. The molecule has 1 saturated heterocycles. The zero-order valence-corrected chi connectivity index (χ0v) is 12.2. The summed E-state index contributed by atoms with van der Waals surface area (Å²) < 4.78 is 0. The van der Waals surface area contributed by atoms with E-state index >= 15 is 0 Å². The number of hydrogen-bond donors (Lipinski definition) is 2. The molecule has 5 heteroatoms. The van der Waals surface area contributed by atoms with Crippen molar-refractivity contribution < 1.29 is 4.79 Å². The van der Waals surface area contributed by atoms with E-state index in [1.54, 1.807) is 12.3 Å². The molecule has 0 aliphatic carbocycles. The van der Waals surface area contributed by atoms with Crippen molar-refractivity contribution in [1.82, 2.24) is 15.2 Å². The monoisotopic (exact) mass is 276 g/mol. The summed E-state index contributed by atoms with van der Waals surface area (Å²) in [6, 6.07) is 3.64. The minimum Gasteiger partial charge on any atom is -0.384 e. The summed E-state index contributed by atoms with van der Waals surface area (Å²) in [5.41, 5.74) is 1.42. The molecule has 110 valence electrons. The third-order valence-electron chi connectivity index (χ3n) is 3.54. The largest absolute Gasteiger partial charge is 0.384 e. The Labute approximate surface area is 120 Å². The number of nitrogens with zero attached hydrogens (tertiary/aromatic N) is 2. The molecule has 1 aromatic heterocycles. The first kappa shape index (κ1) is 14.8. The molecule has 0 radical (unpaired) electrons. The van der Waals surface area contributed by atoms with Gasteiger partial charge in [-0.05, 0) is 45.0 Å². The second-order valence-electron chi connectivity index (χ2n) is 5.12. The van der Waals surface area contributed by atoms with E-state index in [2.05, 4.69) is 20.5 Å². The van der Waals surface area contributed by atoms with E-state index in [0.717, 1.165) is 31.9 Å². The fourth-order valence-electron chi connectivity index (χ4n) is 2.44. The van der Waals surface area contributed by atoms with Crippen LogP contribution in [0.5, 0.6) is 0 Å². The number of amides is 1. The van der Waals surface area contributed by atoms with Gasteiger partial charge in [0.15, 0.2) is 0 Å². The topological polar surface area (TPSA) is 57.3 Å². The van der Waals surface area contributed by atoms with Crippen LogP contribution in [0.25, 0.3) is 0 Å². The zero-order valence-electron chi connectivity index (χ0n) is 12.2. The SMILES string of the molecule is CCNc1ccc(C(=O)NCCN2CCCCC2)nc1. The lowest BCUT2D eigenvalue weighted by molar-refractivity contribution is 0.0941. The van der Waals surface area contributed by atoms with Crippen molar-refractivity contribution in [3.8, 4) is 0 Å². The first-order valence-corrected chi connectivity index (χ1v) is 7.50.